The number of nitrogens with zero attached hydrogens (tertiary/aromatic N) is 1. The minimum absolute atomic E-state index is 0.00286. The Hall–Kier alpha value is -2.04. The number of amides is 3. The summed E-state index contributed by atoms with van der Waals surface area (Å²) < 4.78 is 0. The molecule has 0 radical (unpaired) electrons. The Kier molecular flexibility index (Phi) is 6.44. The van der Waals surface area contributed by atoms with Crippen LogP contribution < -0.4 is 11.1 Å². The van der Waals surface area contributed by atoms with Crippen LogP contribution in [-0.2, 0) is 11.2 Å². The number of aryl methyl sites for hydroxylation is 1. The predicted octanol–water partition coefficient (Wildman–Crippen LogP) is 2.30. The standard InChI is InChI=1S/C18H27N3O2/c1-14(7-8-15-5-3-2-4-6-15)20-18(23)21-11-9-16(10-12-21)13-17(19)22/h2-6,14,16H,7-13H2,1H3,(H2,19,22)(H,20,23). The van der Waals surface area contributed by atoms with Crippen molar-refractivity contribution >= 4 is 11.9 Å². The lowest BCUT2D eigenvalue weighted by molar-refractivity contribution is -0.119. The van der Waals surface area contributed by atoms with Crippen LogP contribution in [0.3, 0.4) is 0 Å². The summed E-state index contributed by atoms with van der Waals surface area (Å²) in [4.78, 5) is 25.1. The van der Waals surface area contributed by atoms with Crippen LogP contribution in [0.4, 0.5) is 4.79 Å². The summed E-state index contributed by atoms with van der Waals surface area (Å²) in [5.41, 5.74) is 6.53. The third-order valence-corrected chi connectivity index (χ3v) is 4.47. The molecule has 1 fully saturated rings. The van der Waals surface area contributed by atoms with Gasteiger partial charge in [-0.05, 0) is 44.1 Å². The van der Waals surface area contributed by atoms with Gasteiger partial charge in [0.05, 0.1) is 0 Å². The van der Waals surface area contributed by atoms with Gasteiger partial charge < -0.3 is 16.0 Å². The monoisotopic (exact) mass is 317 g/mol. The number of nitrogens with two attached hydrogens (primary N) is 1. The maximum absolute atomic E-state index is 12.3. The van der Waals surface area contributed by atoms with Gasteiger partial charge in [-0.3, -0.25) is 4.79 Å². The van der Waals surface area contributed by atoms with Gasteiger partial charge in [0, 0.05) is 25.6 Å². The first-order chi connectivity index (χ1) is 11.0. The molecular formula is C18H27N3O2. The van der Waals surface area contributed by atoms with E-state index in [1.807, 2.05) is 30.0 Å². The van der Waals surface area contributed by atoms with Gasteiger partial charge in [0.2, 0.25) is 5.91 Å². The zero-order valence-corrected chi connectivity index (χ0v) is 13.8. The van der Waals surface area contributed by atoms with Gasteiger partial charge >= 0.3 is 6.03 Å². The number of carbonyl (C=O) groups excluding carboxylic acids is 2. The molecule has 1 aromatic carbocycles. The third kappa shape index (κ3) is 5.93. The average molecular weight is 317 g/mol. The lowest BCUT2D eigenvalue weighted by Gasteiger charge is -2.32. The van der Waals surface area contributed by atoms with Crippen LogP contribution in [0.2, 0.25) is 0 Å². The normalized spacial score (nSPS) is 16.8. The molecule has 0 bridgehead atoms. The Balaban J connectivity index is 1.69. The molecule has 3 N–H and O–H groups in total. The van der Waals surface area contributed by atoms with E-state index in [9.17, 15) is 9.59 Å². The Morgan fingerprint density at radius 3 is 2.52 bits per heavy atom. The highest BCUT2D eigenvalue weighted by atomic mass is 16.2. The van der Waals surface area contributed by atoms with Crippen LogP contribution in [0, 0.1) is 5.92 Å². The number of nitrogens with one attached hydrogen (secondary N) is 1. The Morgan fingerprint density at radius 2 is 1.91 bits per heavy atom. The molecule has 1 saturated heterocycles. The molecule has 0 aromatic heterocycles. The van der Waals surface area contributed by atoms with Crippen molar-refractivity contribution < 1.29 is 9.59 Å². The number of piperidine rings is 1. The quantitative estimate of drug-likeness (QED) is 0.845. The summed E-state index contributed by atoms with van der Waals surface area (Å²) in [7, 11) is 0. The van der Waals surface area contributed by atoms with Crippen LogP contribution in [0.5, 0.6) is 0 Å². The second-order valence-electron chi connectivity index (χ2n) is 6.48. The molecular weight excluding hydrogens is 290 g/mol. The fourth-order valence-electron chi connectivity index (χ4n) is 3.03. The van der Waals surface area contributed by atoms with Crippen LogP contribution in [0.25, 0.3) is 0 Å². The van der Waals surface area contributed by atoms with Gasteiger partial charge in [-0.15, -0.1) is 0 Å². The van der Waals surface area contributed by atoms with Gasteiger partial charge in [-0.2, -0.15) is 0 Å². The van der Waals surface area contributed by atoms with Crippen molar-refractivity contribution in [3.8, 4) is 0 Å². The number of hydrogen-bond donors (Lipinski definition) is 2. The molecule has 126 valence electrons. The largest absolute Gasteiger partial charge is 0.370 e. The number of primary amides is 1. The van der Waals surface area contributed by atoms with Crippen LogP contribution in [-0.4, -0.2) is 36.0 Å². The van der Waals surface area contributed by atoms with Crippen molar-refractivity contribution in [1.82, 2.24) is 10.2 Å². The topological polar surface area (TPSA) is 75.4 Å². The fraction of sp³-hybridized carbons (Fsp3) is 0.556. The van der Waals surface area contributed by atoms with E-state index in [0.717, 1.165) is 25.7 Å². The maximum atomic E-state index is 12.3. The maximum Gasteiger partial charge on any atom is 0.317 e. The van der Waals surface area contributed by atoms with Crippen molar-refractivity contribution in [2.45, 2.75) is 45.1 Å². The summed E-state index contributed by atoms with van der Waals surface area (Å²) in [5, 5.41) is 3.07. The molecule has 1 atom stereocenters. The average Bonchev–Trinajstić information content (AvgIpc) is 2.54. The molecule has 1 aliphatic rings. The lowest BCUT2D eigenvalue weighted by Crippen LogP contribution is -2.47. The number of carbonyl (C=O) groups is 2. The number of urea groups is 1. The van der Waals surface area contributed by atoms with E-state index in [-0.39, 0.29) is 18.0 Å². The van der Waals surface area contributed by atoms with Crippen LogP contribution in [0.1, 0.15) is 38.2 Å². The van der Waals surface area contributed by atoms with Crippen LogP contribution in [0.15, 0.2) is 30.3 Å². The van der Waals surface area contributed by atoms with E-state index in [1.165, 1.54) is 5.56 Å². The molecule has 1 heterocycles. The zero-order valence-electron chi connectivity index (χ0n) is 13.8. The Morgan fingerprint density at radius 1 is 1.26 bits per heavy atom. The zero-order chi connectivity index (χ0) is 16.7. The van der Waals surface area contributed by atoms with Crippen molar-refractivity contribution in [2.75, 3.05) is 13.1 Å². The second-order valence-corrected chi connectivity index (χ2v) is 6.48. The van der Waals surface area contributed by atoms with Gasteiger partial charge in [0.25, 0.3) is 0 Å². The molecule has 23 heavy (non-hydrogen) atoms. The van der Waals surface area contributed by atoms with E-state index in [0.29, 0.717) is 25.4 Å². The van der Waals surface area contributed by atoms with E-state index in [2.05, 4.69) is 17.4 Å². The van der Waals surface area contributed by atoms with Gasteiger partial charge in [-0.1, -0.05) is 30.3 Å². The minimum atomic E-state index is -0.248. The number of likely N-dealkylation sites (tertiary alicyclic amines) is 1. The van der Waals surface area contributed by atoms with Crippen molar-refractivity contribution in [3.63, 3.8) is 0 Å². The number of hydrogen-bond acceptors (Lipinski definition) is 2. The van der Waals surface area contributed by atoms with E-state index in [4.69, 9.17) is 5.73 Å². The molecule has 5 nitrogen and oxygen atoms in total. The first-order valence-corrected chi connectivity index (χ1v) is 8.42. The molecule has 1 aromatic rings. The Labute approximate surface area is 138 Å². The van der Waals surface area contributed by atoms with Gasteiger partial charge in [-0.25, -0.2) is 4.79 Å². The van der Waals surface area contributed by atoms with Crippen LogP contribution >= 0.6 is 0 Å². The van der Waals surface area contributed by atoms with Crippen molar-refractivity contribution in [3.05, 3.63) is 35.9 Å². The minimum Gasteiger partial charge on any atom is -0.370 e. The summed E-state index contributed by atoms with van der Waals surface area (Å²) in [6, 6.07) is 10.4. The summed E-state index contributed by atoms with van der Waals surface area (Å²) in [6.07, 6.45) is 4.03. The number of benzene rings is 1. The molecule has 0 aliphatic carbocycles. The van der Waals surface area contributed by atoms with E-state index < -0.39 is 0 Å². The molecule has 1 aliphatic heterocycles. The highest BCUT2D eigenvalue weighted by molar-refractivity contribution is 5.75. The predicted molar refractivity (Wildman–Crippen MR) is 90.9 cm³/mol. The van der Waals surface area contributed by atoms with Gasteiger partial charge in [0.1, 0.15) is 0 Å². The molecule has 0 saturated carbocycles. The van der Waals surface area contributed by atoms with E-state index >= 15 is 0 Å². The first-order valence-electron chi connectivity index (χ1n) is 8.42. The van der Waals surface area contributed by atoms with Gasteiger partial charge in [0.15, 0.2) is 0 Å². The first kappa shape index (κ1) is 17.3. The fourth-order valence-corrected chi connectivity index (χ4v) is 3.03. The second kappa shape index (κ2) is 8.56. The summed E-state index contributed by atoms with van der Waals surface area (Å²) in [6.45, 7) is 3.45. The highest BCUT2D eigenvalue weighted by Gasteiger charge is 2.24. The lowest BCUT2D eigenvalue weighted by atomic mass is 9.93. The smallest absolute Gasteiger partial charge is 0.317 e. The third-order valence-electron chi connectivity index (χ3n) is 4.47. The van der Waals surface area contributed by atoms with Crippen molar-refractivity contribution in [1.29, 1.82) is 0 Å². The van der Waals surface area contributed by atoms with E-state index in [1.54, 1.807) is 0 Å². The summed E-state index contributed by atoms with van der Waals surface area (Å²) >= 11 is 0. The highest BCUT2D eigenvalue weighted by Crippen LogP contribution is 2.20. The Bertz CT molecular complexity index is 510. The molecule has 0 spiro atoms. The SMILES string of the molecule is CC(CCc1ccccc1)NC(=O)N1CCC(CC(N)=O)CC1. The molecule has 2 rings (SSSR count). The molecule has 1 unspecified atom stereocenters. The number of rotatable bonds is 6. The molecule has 5 heteroatoms. The van der Waals surface area contributed by atoms with Crippen molar-refractivity contribution in [2.24, 2.45) is 11.7 Å². The molecule has 3 amide bonds. The summed E-state index contributed by atoms with van der Waals surface area (Å²) in [5.74, 6) is 0.0782.